The van der Waals surface area contributed by atoms with E-state index < -0.39 is 0 Å². The fraction of sp³-hybridized carbons (Fsp3) is 0.895. The van der Waals surface area contributed by atoms with E-state index in [1.54, 1.807) is 5.57 Å². The van der Waals surface area contributed by atoms with Crippen LogP contribution in [0.25, 0.3) is 0 Å². The predicted molar refractivity (Wildman–Crippen MR) is 82.3 cm³/mol. The van der Waals surface area contributed by atoms with Gasteiger partial charge in [-0.25, -0.2) is 0 Å². The van der Waals surface area contributed by atoms with Crippen LogP contribution < -0.4 is 0 Å². The number of allylic oxidation sites excluding steroid dienone is 2. The summed E-state index contributed by atoms with van der Waals surface area (Å²) in [6.45, 7) is 4.95. The standard InChI is InChI=1S/C19H30O/c1-18-10-5-7-15(18)14-9-8-13-6-3-4-11-19(13,2)17(14)16(20)12-18/h6,14-17,20H,3-5,7-12H2,1-2H3/t14-,15-,16-,17+,18-,19-/m0/s1. The average molecular weight is 274 g/mol. The quantitative estimate of drug-likeness (QED) is 0.635. The molecular formula is C19H30O. The first-order valence-electron chi connectivity index (χ1n) is 8.92. The molecule has 0 spiro atoms. The summed E-state index contributed by atoms with van der Waals surface area (Å²) in [6.07, 6.45) is 14.3. The van der Waals surface area contributed by atoms with Crippen molar-refractivity contribution in [1.29, 1.82) is 0 Å². The van der Waals surface area contributed by atoms with Crippen molar-refractivity contribution < 1.29 is 5.11 Å². The maximum atomic E-state index is 11.0. The predicted octanol–water partition coefficient (Wildman–Crippen LogP) is 4.70. The van der Waals surface area contributed by atoms with Crippen LogP contribution in [0.15, 0.2) is 11.6 Å². The Labute approximate surface area is 123 Å². The van der Waals surface area contributed by atoms with E-state index in [-0.39, 0.29) is 6.10 Å². The van der Waals surface area contributed by atoms with Gasteiger partial charge in [-0.05, 0) is 80.0 Å². The molecule has 6 atom stereocenters. The SMILES string of the molecule is C[C@@]12CCC[C@H]1[C@@H]1CCC3=CCCC[C@]3(C)[C@H]1[C@@H](O)C2. The van der Waals surface area contributed by atoms with Crippen LogP contribution in [-0.2, 0) is 0 Å². The summed E-state index contributed by atoms with van der Waals surface area (Å²) in [5.41, 5.74) is 2.47. The van der Waals surface area contributed by atoms with Gasteiger partial charge in [0.2, 0.25) is 0 Å². The molecule has 0 radical (unpaired) electrons. The summed E-state index contributed by atoms with van der Waals surface area (Å²) >= 11 is 0. The molecule has 4 aliphatic carbocycles. The van der Waals surface area contributed by atoms with Crippen molar-refractivity contribution in [1.82, 2.24) is 0 Å². The Morgan fingerprint density at radius 3 is 2.85 bits per heavy atom. The lowest BCUT2D eigenvalue weighted by Crippen LogP contribution is -2.55. The Bertz CT molecular complexity index is 439. The van der Waals surface area contributed by atoms with Crippen molar-refractivity contribution >= 4 is 0 Å². The Morgan fingerprint density at radius 1 is 1.15 bits per heavy atom. The van der Waals surface area contributed by atoms with Gasteiger partial charge in [0.15, 0.2) is 0 Å². The lowest BCUT2D eigenvalue weighted by Gasteiger charge is -2.59. The molecule has 0 unspecified atom stereocenters. The van der Waals surface area contributed by atoms with E-state index in [2.05, 4.69) is 19.9 Å². The zero-order valence-corrected chi connectivity index (χ0v) is 13.2. The highest BCUT2D eigenvalue weighted by atomic mass is 16.3. The van der Waals surface area contributed by atoms with Gasteiger partial charge >= 0.3 is 0 Å². The van der Waals surface area contributed by atoms with Gasteiger partial charge in [-0.15, -0.1) is 0 Å². The Morgan fingerprint density at radius 2 is 2.00 bits per heavy atom. The maximum Gasteiger partial charge on any atom is 0.0584 e. The monoisotopic (exact) mass is 274 g/mol. The second-order valence-electron chi connectivity index (χ2n) is 8.69. The summed E-state index contributed by atoms with van der Waals surface area (Å²) in [7, 11) is 0. The van der Waals surface area contributed by atoms with E-state index in [1.807, 2.05) is 0 Å². The van der Waals surface area contributed by atoms with Crippen LogP contribution in [0.2, 0.25) is 0 Å². The summed E-state index contributed by atoms with van der Waals surface area (Å²) in [5, 5.41) is 11.0. The van der Waals surface area contributed by atoms with Gasteiger partial charge in [0.05, 0.1) is 6.10 Å². The lowest BCUT2D eigenvalue weighted by atomic mass is 9.47. The number of hydrogen-bond donors (Lipinski definition) is 1. The molecule has 0 aromatic heterocycles. The highest BCUT2D eigenvalue weighted by Crippen LogP contribution is 2.65. The Kier molecular flexibility index (Phi) is 2.91. The van der Waals surface area contributed by atoms with Gasteiger partial charge in [0, 0.05) is 0 Å². The van der Waals surface area contributed by atoms with Crippen molar-refractivity contribution in [3.8, 4) is 0 Å². The summed E-state index contributed by atoms with van der Waals surface area (Å²) < 4.78 is 0. The molecule has 0 bridgehead atoms. The molecule has 0 saturated heterocycles. The first kappa shape index (κ1) is 13.4. The molecule has 3 saturated carbocycles. The molecule has 0 aromatic rings. The Hall–Kier alpha value is -0.300. The number of hydrogen-bond acceptors (Lipinski definition) is 1. The molecular weight excluding hydrogens is 244 g/mol. The van der Waals surface area contributed by atoms with Gasteiger partial charge in [0.1, 0.15) is 0 Å². The van der Waals surface area contributed by atoms with Crippen LogP contribution in [0.4, 0.5) is 0 Å². The van der Waals surface area contributed by atoms with Gasteiger partial charge < -0.3 is 5.11 Å². The van der Waals surface area contributed by atoms with Gasteiger partial charge in [-0.1, -0.05) is 31.9 Å². The Balaban J connectivity index is 1.74. The summed E-state index contributed by atoms with van der Waals surface area (Å²) in [6, 6.07) is 0. The molecule has 0 amide bonds. The molecule has 0 heterocycles. The number of aliphatic hydroxyl groups excluding tert-OH is 1. The minimum absolute atomic E-state index is 0.0499. The summed E-state index contributed by atoms with van der Waals surface area (Å²) in [5.74, 6) is 2.25. The normalized spacial score (nSPS) is 54.6. The number of fused-ring (bicyclic) bond motifs is 5. The zero-order valence-electron chi connectivity index (χ0n) is 13.2. The van der Waals surface area contributed by atoms with Gasteiger partial charge in [-0.3, -0.25) is 0 Å². The van der Waals surface area contributed by atoms with Crippen LogP contribution >= 0.6 is 0 Å². The van der Waals surface area contributed by atoms with E-state index in [0.717, 1.165) is 18.3 Å². The first-order valence-corrected chi connectivity index (χ1v) is 8.92. The third-order valence-electron chi connectivity index (χ3n) is 7.73. The topological polar surface area (TPSA) is 20.2 Å². The minimum Gasteiger partial charge on any atom is -0.393 e. The fourth-order valence-electron chi connectivity index (χ4n) is 6.89. The molecule has 0 aliphatic heterocycles. The first-order chi connectivity index (χ1) is 9.55. The van der Waals surface area contributed by atoms with Crippen LogP contribution in [0.3, 0.4) is 0 Å². The van der Waals surface area contributed by atoms with E-state index in [4.69, 9.17) is 0 Å². The third kappa shape index (κ3) is 1.65. The van der Waals surface area contributed by atoms with Gasteiger partial charge in [-0.2, -0.15) is 0 Å². The van der Waals surface area contributed by atoms with E-state index >= 15 is 0 Å². The molecule has 20 heavy (non-hydrogen) atoms. The van der Waals surface area contributed by atoms with E-state index in [9.17, 15) is 5.11 Å². The molecule has 1 heteroatoms. The summed E-state index contributed by atoms with van der Waals surface area (Å²) in [4.78, 5) is 0. The van der Waals surface area contributed by atoms with Crippen molar-refractivity contribution in [2.75, 3.05) is 0 Å². The molecule has 3 fully saturated rings. The lowest BCUT2D eigenvalue weighted by molar-refractivity contribution is -0.118. The number of aliphatic hydroxyl groups is 1. The van der Waals surface area contributed by atoms with Crippen LogP contribution in [-0.4, -0.2) is 11.2 Å². The molecule has 112 valence electrons. The van der Waals surface area contributed by atoms with Crippen LogP contribution in [0, 0.1) is 28.6 Å². The molecule has 1 N–H and O–H groups in total. The highest BCUT2D eigenvalue weighted by Gasteiger charge is 2.58. The smallest absolute Gasteiger partial charge is 0.0584 e. The second-order valence-corrected chi connectivity index (χ2v) is 8.69. The van der Waals surface area contributed by atoms with Crippen LogP contribution in [0.1, 0.15) is 71.6 Å². The van der Waals surface area contributed by atoms with Crippen molar-refractivity contribution in [2.24, 2.45) is 28.6 Å². The van der Waals surface area contributed by atoms with Crippen molar-refractivity contribution in [3.63, 3.8) is 0 Å². The van der Waals surface area contributed by atoms with Crippen molar-refractivity contribution in [3.05, 3.63) is 11.6 Å². The molecule has 4 rings (SSSR count). The molecule has 1 nitrogen and oxygen atoms in total. The largest absolute Gasteiger partial charge is 0.393 e. The van der Waals surface area contributed by atoms with Crippen molar-refractivity contribution in [2.45, 2.75) is 77.7 Å². The zero-order chi connectivity index (χ0) is 14.0. The fourth-order valence-corrected chi connectivity index (χ4v) is 6.89. The number of rotatable bonds is 0. The van der Waals surface area contributed by atoms with Gasteiger partial charge in [0.25, 0.3) is 0 Å². The molecule has 4 aliphatic rings. The molecule has 0 aromatic carbocycles. The average Bonchev–Trinajstić information content (AvgIpc) is 2.78. The minimum atomic E-state index is -0.0499. The maximum absolute atomic E-state index is 11.0. The van der Waals surface area contributed by atoms with Crippen LogP contribution in [0.5, 0.6) is 0 Å². The van der Waals surface area contributed by atoms with E-state index in [1.165, 1.54) is 51.4 Å². The third-order valence-corrected chi connectivity index (χ3v) is 7.73. The second kappa shape index (κ2) is 4.35. The van der Waals surface area contributed by atoms with E-state index in [0.29, 0.717) is 16.7 Å². The highest BCUT2D eigenvalue weighted by molar-refractivity contribution is 5.24.